The first kappa shape index (κ1) is 17.8. The third-order valence-electron chi connectivity index (χ3n) is 4.07. The van der Waals surface area contributed by atoms with Crippen molar-refractivity contribution in [3.63, 3.8) is 0 Å². The van der Waals surface area contributed by atoms with Crippen molar-refractivity contribution in [3.05, 3.63) is 30.1 Å². The van der Waals surface area contributed by atoms with E-state index in [2.05, 4.69) is 4.72 Å². The van der Waals surface area contributed by atoms with Crippen molar-refractivity contribution in [1.29, 1.82) is 0 Å². The van der Waals surface area contributed by atoms with Gasteiger partial charge in [0.2, 0.25) is 15.9 Å². The van der Waals surface area contributed by atoms with E-state index in [-0.39, 0.29) is 29.8 Å². The van der Waals surface area contributed by atoms with Crippen LogP contribution in [0.5, 0.6) is 0 Å². The Hall–Kier alpha value is -1.51. The maximum atomic E-state index is 12.8. The molecular weight excluding hydrogens is 321 g/mol. The van der Waals surface area contributed by atoms with Gasteiger partial charge in [-0.3, -0.25) is 4.79 Å². The van der Waals surface area contributed by atoms with Crippen molar-refractivity contribution in [3.8, 4) is 0 Å². The van der Waals surface area contributed by atoms with Gasteiger partial charge in [0.05, 0.1) is 4.90 Å². The van der Waals surface area contributed by atoms with Gasteiger partial charge in [0.1, 0.15) is 5.82 Å². The molecular formula is C15H22FN3O3S. The first-order valence-electron chi connectivity index (χ1n) is 7.58. The minimum absolute atomic E-state index is 0.00898. The van der Waals surface area contributed by atoms with Crippen LogP contribution in [0.2, 0.25) is 0 Å². The maximum absolute atomic E-state index is 12.8. The first-order chi connectivity index (χ1) is 10.8. The summed E-state index contributed by atoms with van der Waals surface area (Å²) in [6, 6.07) is 4.67. The third-order valence-corrected chi connectivity index (χ3v) is 5.55. The van der Waals surface area contributed by atoms with Crippen LogP contribution in [0.4, 0.5) is 4.39 Å². The topological polar surface area (TPSA) is 92.5 Å². The molecule has 23 heavy (non-hydrogen) atoms. The number of likely N-dealkylation sites (tertiary alicyclic amines) is 1. The number of amides is 1. The second-order valence-electron chi connectivity index (χ2n) is 5.83. The molecule has 1 aliphatic heterocycles. The molecule has 8 heteroatoms. The molecule has 0 aromatic heterocycles. The van der Waals surface area contributed by atoms with Gasteiger partial charge in [0.25, 0.3) is 0 Å². The van der Waals surface area contributed by atoms with Gasteiger partial charge < -0.3 is 10.6 Å². The maximum Gasteiger partial charge on any atom is 0.240 e. The smallest absolute Gasteiger partial charge is 0.240 e. The number of hydrogen-bond donors (Lipinski definition) is 2. The van der Waals surface area contributed by atoms with Crippen molar-refractivity contribution in [2.24, 2.45) is 11.7 Å². The molecule has 1 aliphatic rings. The highest BCUT2D eigenvalue weighted by Crippen LogP contribution is 2.22. The number of hydrogen-bond acceptors (Lipinski definition) is 4. The normalized spacial score (nSPS) is 21.6. The fraction of sp³-hybridized carbons (Fsp3) is 0.533. The number of benzene rings is 1. The molecule has 0 bridgehead atoms. The summed E-state index contributed by atoms with van der Waals surface area (Å²) in [5.74, 6) is -0.281. The molecule has 1 aromatic rings. The Morgan fingerprint density at radius 3 is 2.61 bits per heavy atom. The molecule has 6 nitrogen and oxygen atoms in total. The lowest BCUT2D eigenvalue weighted by Crippen LogP contribution is -2.37. The van der Waals surface area contributed by atoms with E-state index < -0.39 is 15.8 Å². The predicted octanol–water partition coefficient (Wildman–Crippen LogP) is 0.690. The van der Waals surface area contributed by atoms with E-state index in [0.717, 1.165) is 18.6 Å². The van der Waals surface area contributed by atoms with Gasteiger partial charge in [-0.15, -0.1) is 0 Å². The number of nitrogens with one attached hydrogen (secondary N) is 1. The number of sulfonamides is 1. The van der Waals surface area contributed by atoms with Gasteiger partial charge in [0, 0.05) is 25.6 Å². The monoisotopic (exact) mass is 343 g/mol. The van der Waals surface area contributed by atoms with Crippen LogP contribution in [0.15, 0.2) is 29.2 Å². The summed E-state index contributed by atoms with van der Waals surface area (Å²) in [6.07, 6.45) is 0.964. The molecule has 2 atom stereocenters. The standard InChI is InChI=1S/C15H22FN3O3S/c1-11-8-12(9-17)10-19(11)15(20)6-7-18-23(21,22)14-4-2-13(16)3-5-14/h2-5,11-12,18H,6-10,17H2,1H3. The van der Waals surface area contributed by atoms with Crippen molar-refractivity contribution >= 4 is 15.9 Å². The molecule has 0 aliphatic carbocycles. The molecule has 0 saturated carbocycles. The van der Waals surface area contributed by atoms with Gasteiger partial charge in [0.15, 0.2) is 0 Å². The molecule has 3 N–H and O–H groups in total. The highest BCUT2D eigenvalue weighted by Gasteiger charge is 2.31. The molecule has 1 aromatic carbocycles. The summed E-state index contributed by atoms with van der Waals surface area (Å²) in [4.78, 5) is 13.9. The van der Waals surface area contributed by atoms with Crippen molar-refractivity contribution in [2.75, 3.05) is 19.6 Å². The molecule has 1 fully saturated rings. The summed E-state index contributed by atoms with van der Waals surface area (Å²) in [5.41, 5.74) is 5.63. The van der Waals surface area contributed by atoms with Crippen molar-refractivity contribution in [1.82, 2.24) is 9.62 Å². The van der Waals surface area contributed by atoms with Crippen LogP contribution in [-0.2, 0) is 14.8 Å². The quantitative estimate of drug-likeness (QED) is 0.795. The Kier molecular flexibility index (Phi) is 5.72. The van der Waals surface area contributed by atoms with Crippen LogP contribution < -0.4 is 10.5 Å². The molecule has 128 valence electrons. The van der Waals surface area contributed by atoms with Crippen molar-refractivity contribution < 1.29 is 17.6 Å². The zero-order chi connectivity index (χ0) is 17.0. The Balaban J connectivity index is 1.87. The number of carbonyl (C=O) groups is 1. The Morgan fingerprint density at radius 2 is 2.04 bits per heavy atom. The number of rotatable bonds is 6. The lowest BCUT2D eigenvalue weighted by atomic mass is 10.1. The lowest BCUT2D eigenvalue weighted by Gasteiger charge is -2.21. The molecule has 2 rings (SSSR count). The van der Waals surface area contributed by atoms with Gasteiger partial charge in [-0.05, 0) is 50.1 Å². The van der Waals surface area contributed by atoms with Crippen LogP contribution >= 0.6 is 0 Å². The molecule has 0 radical (unpaired) electrons. The zero-order valence-electron chi connectivity index (χ0n) is 13.0. The van der Waals surface area contributed by atoms with Crippen LogP contribution in [0.3, 0.4) is 0 Å². The zero-order valence-corrected chi connectivity index (χ0v) is 13.9. The minimum Gasteiger partial charge on any atom is -0.340 e. The highest BCUT2D eigenvalue weighted by molar-refractivity contribution is 7.89. The summed E-state index contributed by atoms with van der Waals surface area (Å²) >= 11 is 0. The van der Waals surface area contributed by atoms with Gasteiger partial charge in [-0.2, -0.15) is 0 Å². The van der Waals surface area contributed by atoms with E-state index in [0.29, 0.717) is 19.0 Å². The van der Waals surface area contributed by atoms with Gasteiger partial charge >= 0.3 is 0 Å². The highest BCUT2D eigenvalue weighted by atomic mass is 32.2. The summed E-state index contributed by atoms with van der Waals surface area (Å²) in [6.45, 7) is 3.15. The van der Waals surface area contributed by atoms with Crippen LogP contribution in [0, 0.1) is 11.7 Å². The molecule has 0 spiro atoms. The summed E-state index contributed by atoms with van der Waals surface area (Å²) in [5, 5.41) is 0. The van der Waals surface area contributed by atoms with E-state index in [9.17, 15) is 17.6 Å². The number of carbonyl (C=O) groups excluding carboxylic acids is 1. The summed E-state index contributed by atoms with van der Waals surface area (Å²) in [7, 11) is -3.73. The van der Waals surface area contributed by atoms with E-state index in [1.54, 1.807) is 4.90 Å². The summed E-state index contributed by atoms with van der Waals surface area (Å²) < 4.78 is 39.3. The Bertz CT molecular complexity index is 648. The molecule has 1 heterocycles. The first-order valence-corrected chi connectivity index (χ1v) is 9.06. The predicted molar refractivity (Wildman–Crippen MR) is 84.5 cm³/mol. The average Bonchev–Trinajstić information content (AvgIpc) is 2.88. The fourth-order valence-corrected chi connectivity index (χ4v) is 3.83. The van der Waals surface area contributed by atoms with E-state index in [4.69, 9.17) is 5.73 Å². The van der Waals surface area contributed by atoms with Gasteiger partial charge in [-0.25, -0.2) is 17.5 Å². The molecule has 2 unspecified atom stereocenters. The van der Waals surface area contributed by atoms with Crippen LogP contribution in [0.25, 0.3) is 0 Å². The third kappa shape index (κ3) is 4.49. The lowest BCUT2D eigenvalue weighted by molar-refractivity contribution is -0.131. The van der Waals surface area contributed by atoms with E-state index in [1.165, 1.54) is 12.1 Å². The largest absolute Gasteiger partial charge is 0.340 e. The number of nitrogens with zero attached hydrogens (tertiary/aromatic N) is 1. The Labute approximate surface area is 135 Å². The van der Waals surface area contributed by atoms with Gasteiger partial charge in [-0.1, -0.05) is 0 Å². The molecule has 1 saturated heterocycles. The fourth-order valence-electron chi connectivity index (χ4n) is 2.79. The number of nitrogens with two attached hydrogens (primary N) is 1. The van der Waals surface area contributed by atoms with Crippen LogP contribution in [-0.4, -0.2) is 44.9 Å². The van der Waals surface area contributed by atoms with Crippen molar-refractivity contribution in [2.45, 2.75) is 30.7 Å². The minimum atomic E-state index is -3.73. The number of halogens is 1. The van der Waals surface area contributed by atoms with E-state index in [1.807, 2.05) is 6.92 Å². The molecule has 1 amide bonds. The van der Waals surface area contributed by atoms with Crippen LogP contribution in [0.1, 0.15) is 19.8 Å². The average molecular weight is 343 g/mol. The van der Waals surface area contributed by atoms with E-state index >= 15 is 0 Å². The Morgan fingerprint density at radius 1 is 1.39 bits per heavy atom. The SMILES string of the molecule is CC1CC(CN)CN1C(=O)CCNS(=O)(=O)c1ccc(F)cc1. The second kappa shape index (κ2) is 7.37. The second-order valence-corrected chi connectivity index (χ2v) is 7.60.